The normalized spacial score (nSPS) is 27.4. The van der Waals surface area contributed by atoms with Crippen molar-refractivity contribution in [3.05, 3.63) is 71.8 Å². The van der Waals surface area contributed by atoms with Crippen LogP contribution < -0.4 is 5.32 Å². The van der Waals surface area contributed by atoms with E-state index in [9.17, 15) is 9.59 Å². The summed E-state index contributed by atoms with van der Waals surface area (Å²) >= 11 is 0. The second-order valence-corrected chi connectivity index (χ2v) is 7.41. The number of nitrogens with one attached hydrogen (secondary N) is 1. The molecular formula is C21H24N4O2. The Labute approximate surface area is 159 Å². The number of carbonyl (C=O) groups excluding carboxylic acids is 2. The van der Waals surface area contributed by atoms with Gasteiger partial charge in [-0.2, -0.15) is 0 Å². The summed E-state index contributed by atoms with van der Waals surface area (Å²) in [4.78, 5) is 31.6. The lowest BCUT2D eigenvalue weighted by atomic mass is 9.80. The standard InChI is InChI=1S/C21H24N4O2/c1-15(2)25-18(26)22-20(16-11-7-5-8-12-16)21(25,17-13-9-6-10-14-17)24(4)19(27)23(20)3/h5-15H,1-4H3,(H,22,26)/t20-,21+/m1/s1. The van der Waals surface area contributed by atoms with E-state index >= 15 is 0 Å². The second-order valence-electron chi connectivity index (χ2n) is 7.41. The number of benzene rings is 2. The minimum Gasteiger partial charge on any atom is -0.307 e. The Balaban J connectivity index is 2.14. The highest BCUT2D eigenvalue weighted by Gasteiger charge is 2.75. The summed E-state index contributed by atoms with van der Waals surface area (Å²) in [5.74, 6) is 0. The van der Waals surface area contributed by atoms with Crippen molar-refractivity contribution in [3.8, 4) is 0 Å². The van der Waals surface area contributed by atoms with Crippen LogP contribution in [0.3, 0.4) is 0 Å². The maximum Gasteiger partial charge on any atom is 0.324 e. The van der Waals surface area contributed by atoms with E-state index in [-0.39, 0.29) is 18.1 Å². The van der Waals surface area contributed by atoms with Gasteiger partial charge in [0.2, 0.25) is 0 Å². The molecule has 0 saturated carbocycles. The average molecular weight is 364 g/mol. The lowest BCUT2D eigenvalue weighted by Gasteiger charge is -2.48. The van der Waals surface area contributed by atoms with Gasteiger partial charge in [-0.25, -0.2) is 9.59 Å². The van der Waals surface area contributed by atoms with E-state index in [1.165, 1.54) is 0 Å². The minimum atomic E-state index is -1.04. The SMILES string of the molecule is CC(C)N1C(=O)N[C@]2(c3ccccc3)N(C)C(=O)N(C)[C@@]12c1ccccc1. The van der Waals surface area contributed by atoms with Crippen LogP contribution in [0.2, 0.25) is 0 Å². The fraction of sp³-hybridized carbons (Fsp3) is 0.333. The monoisotopic (exact) mass is 364 g/mol. The molecule has 0 radical (unpaired) electrons. The maximum absolute atomic E-state index is 13.2. The van der Waals surface area contributed by atoms with Crippen molar-refractivity contribution in [2.24, 2.45) is 0 Å². The molecule has 2 heterocycles. The summed E-state index contributed by atoms with van der Waals surface area (Å²) in [5.41, 5.74) is -0.290. The van der Waals surface area contributed by atoms with Gasteiger partial charge in [-0.15, -0.1) is 0 Å². The largest absolute Gasteiger partial charge is 0.324 e. The molecule has 2 saturated heterocycles. The average Bonchev–Trinajstić information content (AvgIpc) is 3.05. The number of nitrogens with zero attached hydrogens (tertiary/aromatic N) is 3. The van der Waals surface area contributed by atoms with Crippen molar-refractivity contribution in [1.82, 2.24) is 20.0 Å². The maximum atomic E-state index is 13.2. The molecule has 140 valence electrons. The zero-order chi connectivity index (χ0) is 19.4. The number of fused-ring (bicyclic) bond motifs is 1. The van der Waals surface area contributed by atoms with Crippen LogP contribution in [0.5, 0.6) is 0 Å². The van der Waals surface area contributed by atoms with Crippen LogP contribution in [-0.2, 0) is 11.3 Å². The van der Waals surface area contributed by atoms with E-state index in [2.05, 4.69) is 5.32 Å². The molecule has 27 heavy (non-hydrogen) atoms. The van der Waals surface area contributed by atoms with Crippen molar-refractivity contribution in [3.63, 3.8) is 0 Å². The van der Waals surface area contributed by atoms with E-state index < -0.39 is 11.3 Å². The number of carbonyl (C=O) groups is 2. The molecule has 0 bridgehead atoms. The van der Waals surface area contributed by atoms with Crippen LogP contribution in [0.1, 0.15) is 25.0 Å². The summed E-state index contributed by atoms with van der Waals surface area (Å²) in [6.07, 6.45) is 0. The summed E-state index contributed by atoms with van der Waals surface area (Å²) in [6.45, 7) is 3.95. The van der Waals surface area contributed by atoms with Crippen molar-refractivity contribution in [2.45, 2.75) is 31.2 Å². The molecule has 4 amide bonds. The van der Waals surface area contributed by atoms with Gasteiger partial charge in [0.25, 0.3) is 0 Å². The Kier molecular flexibility index (Phi) is 3.70. The molecule has 1 N–H and O–H groups in total. The summed E-state index contributed by atoms with van der Waals surface area (Å²) in [7, 11) is 3.52. The molecule has 0 aromatic heterocycles. The molecule has 4 rings (SSSR count). The lowest BCUT2D eigenvalue weighted by Crippen LogP contribution is -2.63. The third-order valence-corrected chi connectivity index (χ3v) is 5.81. The highest BCUT2D eigenvalue weighted by atomic mass is 16.2. The molecule has 6 nitrogen and oxygen atoms in total. The van der Waals surface area contributed by atoms with Crippen molar-refractivity contribution >= 4 is 12.1 Å². The van der Waals surface area contributed by atoms with Crippen LogP contribution >= 0.6 is 0 Å². The molecule has 2 aromatic rings. The smallest absolute Gasteiger partial charge is 0.307 e. The Morgan fingerprint density at radius 1 is 0.815 bits per heavy atom. The molecule has 0 aliphatic carbocycles. The van der Waals surface area contributed by atoms with Gasteiger partial charge in [0.05, 0.1) is 0 Å². The fourth-order valence-corrected chi connectivity index (χ4v) is 4.82. The molecule has 0 unspecified atom stereocenters. The van der Waals surface area contributed by atoms with Crippen molar-refractivity contribution in [2.75, 3.05) is 14.1 Å². The molecule has 6 heteroatoms. The quantitative estimate of drug-likeness (QED) is 0.910. The van der Waals surface area contributed by atoms with Crippen LogP contribution in [0.4, 0.5) is 9.59 Å². The topological polar surface area (TPSA) is 55.9 Å². The third-order valence-electron chi connectivity index (χ3n) is 5.81. The predicted molar refractivity (Wildman–Crippen MR) is 103 cm³/mol. The molecule has 2 aliphatic heterocycles. The summed E-state index contributed by atoms with van der Waals surface area (Å²) < 4.78 is 0. The highest BCUT2D eigenvalue weighted by molar-refractivity contribution is 5.89. The molecule has 0 spiro atoms. The van der Waals surface area contributed by atoms with E-state index in [0.717, 1.165) is 11.1 Å². The van der Waals surface area contributed by atoms with Gasteiger partial charge >= 0.3 is 12.1 Å². The molecule has 2 aromatic carbocycles. The van der Waals surface area contributed by atoms with Crippen LogP contribution in [0.25, 0.3) is 0 Å². The predicted octanol–water partition coefficient (Wildman–Crippen LogP) is 3.12. The van der Waals surface area contributed by atoms with Gasteiger partial charge in [0, 0.05) is 31.3 Å². The molecular weight excluding hydrogens is 340 g/mol. The number of likely N-dealkylation sites (N-methyl/N-ethyl adjacent to an activating group) is 2. The number of amides is 4. The van der Waals surface area contributed by atoms with Crippen molar-refractivity contribution in [1.29, 1.82) is 0 Å². The van der Waals surface area contributed by atoms with E-state index in [0.29, 0.717) is 0 Å². The number of hydrogen-bond donors (Lipinski definition) is 1. The number of rotatable bonds is 3. The zero-order valence-electron chi connectivity index (χ0n) is 16.0. The van der Waals surface area contributed by atoms with Crippen LogP contribution in [0, 0.1) is 0 Å². The Morgan fingerprint density at radius 3 is 1.85 bits per heavy atom. The second kappa shape index (κ2) is 5.74. The minimum absolute atomic E-state index is 0.113. The Bertz CT molecular complexity index is 886. The number of hydrogen-bond acceptors (Lipinski definition) is 2. The molecule has 2 aliphatic rings. The summed E-state index contributed by atoms with van der Waals surface area (Å²) in [5, 5.41) is 3.18. The zero-order valence-corrected chi connectivity index (χ0v) is 16.0. The van der Waals surface area contributed by atoms with Gasteiger partial charge < -0.3 is 5.32 Å². The fourth-order valence-electron chi connectivity index (χ4n) is 4.82. The first-order valence-electron chi connectivity index (χ1n) is 9.13. The summed E-state index contributed by atoms with van der Waals surface area (Å²) in [6, 6.07) is 19.1. The third kappa shape index (κ3) is 1.90. The van der Waals surface area contributed by atoms with Crippen LogP contribution in [-0.4, -0.2) is 46.9 Å². The molecule has 2 atom stereocenters. The van der Waals surface area contributed by atoms with E-state index in [1.54, 1.807) is 28.8 Å². The van der Waals surface area contributed by atoms with E-state index in [1.807, 2.05) is 74.5 Å². The van der Waals surface area contributed by atoms with Crippen molar-refractivity contribution < 1.29 is 9.59 Å². The molecule has 2 fully saturated rings. The van der Waals surface area contributed by atoms with Gasteiger partial charge in [-0.05, 0) is 13.8 Å². The van der Waals surface area contributed by atoms with Gasteiger partial charge in [-0.3, -0.25) is 14.7 Å². The first-order chi connectivity index (χ1) is 12.9. The Morgan fingerprint density at radius 2 is 1.33 bits per heavy atom. The number of urea groups is 2. The van der Waals surface area contributed by atoms with Gasteiger partial charge in [0.15, 0.2) is 11.3 Å². The van der Waals surface area contributed by atoms with Crippen LogP contribution in [0.15, 0.2) is 60.7 Å². The first kappa shape index (κ1) is 17.4. The Hall–Kier alpha value is -3.02. The lowest BCUT2D eigenvalue weighted by molar-refractivity contribution is -0.0350. The van der Waals surface area contributed by atoms with E-state index in [4.69, 9.17) is 0 Å². The first-order valence-corrected chi connectivity index (χ1v) is 9.13. The van der Waals surface area contributed by atoms with Gasteiger partial charge in [-0.1, -0.05) is 60.7 Å². The highest BCUT2D eigenvalue weighted by Crippen LogP contribution is 2.57. The van der Waals surface area contributed by atoms with Gasteiger partial charge in [0.1, 0.15) is 0 Å².